The second kappa shape index (κ2) is 10.2. The zero-order valence-corrected chi connectivity index (χ0v) is 21.1. The van der Waals surface area contributed by atoms with Crippen LogP contribution in [-0.2, 0) is 4.79 Å². The fourth-order valence-corrected chi connectivity index (χ4v) is 5.99. The van der Waals surface area contributed by atoms with Gasteiger partial charge in [-0.25, -0.2) is 4.99 Å². The summed E-state index contributed by atoms with van der Waals surface area (Å²) in [4.78, 5) is 24.6. The van der Waals surface area contributed by atoms with Crippen LogP contribution in [0.25, 0.3) is 17.4 Å². The van der Waals surface area contributed by atoms with Crippen LogP contribution in [-0.4, -0.2) is 27.0 Å². The molecule has 0 unspecified atom stereocenters. The van der Waals surface area contributed by atoms with Crippen LogP contribution in [0.3, 0.4) is 0 Å². The molecular weight excluding hydrogens is 513 g/mol. The molecule has 1 saturated heterocycles. The zero-order valence-electron chi connectivity index (χ0n) is 18.0. The van der Waals surface area contributed by atoms with Gasteiger partial charge in [-0.1, -0.05) is 60.1 Å². The molecular formula is C25H20Cl3N3O2S. The maximum absolute atomic E-state index is 13.5. The Balaban J connectivity index is 1.49. The Bertz CT molecular complexity index is 1280. The van der Waals surface area contributed by atoms with Crippen LogP contribution in [0.4, 0.5) is 5.69 Å². The number of nitrogens with zero attached hydrogens (tertiary/aromatic N) is 3. The monoisotopic (exact) mass is 531 g/mol. The van der Waals surface area contributed by atoms with Gasteiger partial charge in [0.2, 0.25) is 0 Å². The number of aliphatic imine (C=N–C) groups is 1. The van der Waals surface area contributed by atoms with Crippen LogP contribution in [0.2, 0.25) is 15.1 Å². The summed E-state index contributed by atoms with van der Waals surface area (Å²) in [5.41, 5.74) is 1.21. The van der Waals surface area contributed by atoms with E-state index in [0.29, 0.717) is 47.9 Å². The fourth-order valence-electron chi connectivity index (χ4n) is 4.21. The number of benzene rings is 1. The maximum atomic E-state index is 13.5. The Labute approximate surface area is 216 Å². The lowest BCUT2D eigenvalue weighted by Gasteiger charge is -2.30. The minimum Gasteiger partial charge on any atom is -0.457 e. The van der Waals surface area contributed by atoms with Gasteiger partial charge in [0.05, 0.1) is 31.2 Å². The Kier molecular flexibility index (Phi) is 7.02. The molecule has 2 aromatic heterocycles. The molecule has 5 rings (SSSR count). The summed E-state index contributed by atoms with van der Waals surface area (Å²) in [7, 11) is 0. The second-order valence-corrected chi connectivity index (χ2v) is 10.3. The van der Waals surface area contributed by atoms with Gasteiger partial charge in [0, 0.05) is 24.5 Å². The number of hydrogen-bond acceptors (Lipinski definition) is 5. The molecule has 3 aromatic rings. The van der Waals surface area contributed by atoms with Crippen molar-refractivity contribution >= 4 is 69.4 Å². The largest absolute Gasteiger partial charge is 0.457 e. The van der Waals surface area contributed by atoms with Crippen LogP contribution in [0, 0.1) is 0 Å². The Morgan fingerprint density at radius 3 is 2.53 bits per heavy atom. The minimum absolute atomic E-state index is 0.0745. The van der Waals surface area contributed by atoms with Gasteiger partial charge < -0.3 is 4.42 Å². The second-order valence-electron chi connectivity index (χ2n) is 8.10. The van der Waals surface area contributed by atoms with Gasteiger partial charge >= 0.3 is 0 Å². The molecule has 5 nitrogen and oxygen atoms in total. The lowest BCUT2D eigenvalue weighted by molar-refractivity contribution is -0.124. The average Bonchev–Trinajstić information content (AvgIpc) is 3.40. The van der Waals surface area contributed by atoms with Gasteiger partial charge in [-0.2, -0.15) is 0 Å². The SMILES string of the molecule is O=C1/C(=C\c2ccc(-c3c(Cl)cccc3Cl)o2)SC(=Nc2ccncc2Cl)N1C1CCCCC1. The number of amidine groups is 1. The Morgan fingerprint density at radius 1 is 1.03 bits per heavy atom. The number of furan rings is 1. The van der Waals surface area contributed by atoms with E-state index in [1.54, 1.807) is 54.9 Å². The third-order valence-electron chi connectivity index (χ3n) is 5.85. The minimum atomic E-state index is -0.0745. The van der Waals surface area contributed by atoms with Crippen molar-refractivity contribution < 1.29 is 9.21 Å². The molecule has 0 bridgehead atoms. The first-order valence-corrected chi connectivity index (χ1v) is 12.9. The number of thioether (sulfide) groups is 1. The van der Waals surface area contributed by atoms with Crippen molar-refractivity contribution in [2.24, 2.45) is 4.99 Å². The molecule has 3 heterocycles. The third-order valence-corrected chi connectivity index (χ3v) is 7.76. The number of aromatic nitrogens is 1. The molecule has 2 fully saturated rings. The molecule has 2 aliphatic rings. The number of halogens is 3. The zero-order chi connectivity index (χ0) is 23.7. The van der Waals surface area contributed by atoms with Crippen molar-refractivity contribution in [1.82, 2.24) is 9.88 Å². The molecule has 1 amide bonds. The molecule has 34 heavy (non-hydrogen) atoms. The predicted octanol–water partition coefficient (Wildman–Crippen LogP) is 8.24. The Morgan fingerprint density at radius 2 is 1.79 bits per heavy atom. The summed E-state index contributed by atoms with van der Waals surface area (Å²) in [6, 6.07) is 10.8. The summed E-state index contributed by atoms with van der Waals surface area (Å²) in [5.74, 6) is 1.00. The number of hydrogen-bond donors (Lipinski definition) is 0. The van der Waals surface area contributed by atoms with E-state index >= 15 is 0 Å². The van der Waals surface area contributed by atoms with Crippen LogP contribution in [0.1, 0.15) is 37.9 Å². The van der Waals surface area contributed by atoms with E-state index in [0.717, 1.165) is 25.7 Å². The van der Waals surface area contributed by atoms with Crippen LogP contribution < -0.4 is 0 Å². The lowest BCUT2D eigenvalue weighted by Crippen LogP contribution is -2.40. The highest BCUT2D eigenvalue weighted by atomic mass is 35.5. The third kappa shape index (κ3) is 4.78. The van der Waals surface area contributed by atoms with Crippen molar-refractivity contribution in [2.75, 3.05) is 0 Å². The first-order valence-electron chi connectivity index (χ1n) is 11.0. The first-order chi connectivity index (χ1) is 16.5. The molecule has 0 radical (unpaired) electrons. The molecule has 174 valence electrons. The molecule has 1 aliphatic heterocycles. The topological polar surface area (TPSA) is 58.7 Å². The van der Waals surface area contributed by atoms with Gasteiger partial charge in [-0.05, 0) is 54.9 Å². The highest BCUT2D eigenvalue weighted by Gasteiger charge is 2.39. The summed E-state index contributed by atoms with van der Waals surface area (Å²) in [5, 5.41) is 2.06. The van der Waals surface area contributed by atoms with Crippen LogP contribution in [0.15, 0.2) is 63.1 Å². The van der Waals surface area contributed by atoms with E-state index < -0.39 is 0 Å². The van der Waals surface area contributed by atoms with Crippen molar-refractivity contribution in [2.45, 2.75) is 38.1 Å². The van der Waals surface area contributed by atoms with E-state index in [1.165, 1.54) is 18.2 Å². The van der Waals surface area contributed by atoms with Gasteiger partial charge in [-0.3, -0.25) is 14.7 Å². The molecule has 0 N–H and O–H groups in total. The predicted molar refractivity (Wildman–Crippen MR) is 140 cm³/mol. The molecule has 1 aliphatic carbocycles. The van der Waals surface area contributed by atoms with Gasteiger partial charge in [0.1, 0.15) is 11.5 Å². The molecule has 1 aromatic carbocycles. The Hall–Kier alpha value is -2.25. The normalized spacial score (nSPS) is 19.5. The molecule has 0 atom stereocenters. The van der Waals surface area contributed by atoms with E-state index in [-0.39, 0.29) is 11.9 Å². The van der Waals surface area contributed by atoms with Crippen molar-refractivity contribution in [3.05, 3.63) is 74.5 Å². The maximum Gasteiger partial charge on any atom is 0.267 e. The summed E-state index contributed by atoms with van der Waals surface area (Å²) >= 11 is 20.3. The van der Waals surface area contributed by atoms with Crippen molar-refractivity contribution in [1.29, 1.82) is 0 Å². The first kappa shape index (κ1) is 23.5. The smallest absolute Gasteiger partial charge is 0.267 e. The van der Waals surface area contributed by atoms with E-state index in [2.05, 4.69) is 4.98 Å². The van der Waals surface area contributed by atoms with E-state index in [9.17, 15) is 4.79 Å². The highest BCUT2D eigenvalue weighted by molar-refractivity contribution is 8.18. The number of carbonyl (C=O) groups is 1. The molecule has 9 heteroatoms. The van der Waals surface area contributed by atoms with Crippen LogP contribution in [0.5, 0.6) is 0 Å². The molecule has 1 saturated carbocycles. The van der Waals surface area contributed by atoms with Gasteiger partial charge in [-0.15, -0.1) is 0 Å². The average molecular weight is 533 g/mol. The quantitative estimate of drug-likeness (QED) is 0.317. The number of rotatable bonds is 4. The van der Waals surface area contributed by atoms with Crippen molar-refractivity contribution in [3.63, 3.8) is 0 Å². The summed E-state index contributed by atoms with van der Waals surface area (Å²) in [6.07, 6.45) is 10.2. The standard InChI is InChI=1S/C25H20Cl3N3O2S/c26-17-7-4-8-18(27)23(17)21-10-9-16(33-21)13-22-24(32)31(15-5-2-1-3-6-15)25(34-22)30-20-11-12-29-14-19(20)28/h4,7-15H,1-3,5-6H2/b22-13+,30-25?. The molecule has 0 spiro atoms. The highest BCUT2D eigenvalue weighted by Crippen LogP contribution is 2.40. The van der Waals surface area contributed by atoms with E-state index in [1.807, 2.05) is 4.90 Å². The fraction of sp³-hybridized carbons (Fsp3) is 0.240. The van der Waals surface area contributed by atoms with Crippen molar-refractivity contribution in [3.8, 4) is 11.3 Å². The van der Waals surface area contributed by atoms with E-state index in [4.69, 9.17) is 44.2 Å². The number of carbonyl (C=O) groups excluding carboxylic acids is 1. The number of amides is 1. The van der Waals surface area contributed by atoms with Crippen LogP contribution >= 0.6 is 46.6 Å². The summed E-state index contributed by atoms with van der Waals surface area (Å²) in [6.45, 7) is 0. The summed E-state index contributed by atoms with van der Waals surface area (Å²) < 4.78 is 6.00. The van der Waals surface area contributed by atoms with Gasteiger partial charge in [0.25, 0.3) is 5.91 Å². The number of pyridine rings is 1. The van der Waals surface area contributed by atoms with Gasteiger partial charge in [0.15, 0.2) is 5.17 Å². The lowest BCUT2D eigenvalue weighted by atomic mass is 9.94.